The first-order valence-electron chi connectivity index (χ1n) is 7.25. The van der Waals surface area contributed by atoms with Crippen LogP contribution in [0.1, 0.15) is 46.6 Å². The molecule has 0 radical (unpaired) electrons. The lowest BCUT2D eigenvalue weighted by atomic mass is 10.0. The molecule has 1 unspecified atom stereocenters. The average Bonchev–Trinajstić information content (AvgIpc) is 2.85. The van der Waals surface area contributed by atoms with Gasteiger partial charge in [-0.25, -0.2) is 9.07 Å². The SMILES string of the molecule is CCC(c1ccc(C(F)(F)F)cc1F)n1nc(CO)c(C(N)=O)c1N. The number of nitrogens with zero attached hydrogens (tertiary/aromatic N) is 2. The number of aliphatic hydroxyl groups excluding tert-OH is 1. The lowest BCUT2D eigenvalue weighted by molar-refractivity contribution is -0.137. The van der Waals surface area contributed by atoms with E-state index in [4.69, 9.17) is 11.5 Å². The highest BCUT2D eigenvalue weighted by Gasteiger charge is 2.32. The van der Waals surface area contributed by atoms with Gasteiger partial charge in [-0.15, -0.1) is 0 Å². The first-order chi connectivity index (χ1) is 11.6. The number of amides is 1. The van der Waals surface area contributed by atoms with Gasteiger partial charge in [-0.3, -0.25) is 4.79 Å². The summed E-state index contributed by atoms with van der Waals surface area (Å²) in [5.74, 6) is -2.19. The molecule has 136 valence electrons. The minimum Gasteiger partial charge on any atom is -0.390 e. The fourth-order valence-corrected chi connectivity index (χ4v) is 2.61. The number of nitrogens with two attached hydrogens (primary N) is 2. The van der Waals surface area contributed by atoms with E-state index in [0.29, 0.717) is 6.07 Å². The van der Waals surface area contributed by atoms with Gasteiger partial charge in [-0.2, -0.15) is 18.3 Å². The number of aliphatic hydroxyl groups is 1. The molecule has 0 spiro atoms. The molecule has 1 atom stereocenters. The zero-order valence-electron chi connectivity index (χ0n) is 13.1. The number of hydrogen-bond donors (Lipinski definition) is 3. The number of hydrogen-bond acceptors (Lipinski definition) is 4. The molecule has 1 heterocycles. The summed E-state index contributed by atoms with van der Waals surface area (Å²) in [6, 6.07) is 1.26. The fourth-order valence-electron chi connectivity index (χ4n) is 2.61. The van der Waals surface area contributed by atoms with E-state index >= 15 is 0 Å². The third-order valence-corrected chi connectivity index (χ3v) is 3.78. The van der Waals surface area contributed by atoms with Crippen molar-refractivity contribution < 1.29 is 27.5 Å². The first kappa shape index (κ1) is 18.7. The largest absolute Gasteiger partial charge is 0.416 e. The Labute approximate surface area is 140 Å². The van der Waals surface area contributed by atoms with E-state index < -0.39 is 36.1 Å². The monoisotopic (exact) mass is 360 g/mol. The lowest BCUT2D eigenvalue weighted by Crippen LogP contribution is -2.18. The van der Waals surface area contributed by atoms with Crippen LogP contribution in [0.3, 0.4) is 0 Å². The van der Waals surface area contributed by atoms with Gasteiger partial charge in [-0.1, -0.05) is 13.0 Å². The van der Waals surface area contributed by atoms with E-state index in [9.17, 15) is 27.5 Å². The van der Waals surface area contributed by atoms with Crippen molar-refractivity contribution in [3.05, 3.63) is 46.4 Å². The summed E-state index contributed by atoms with van der Waals surface area (Å²) in [4.78, 5) is 11.5. The Morgan fingerprint density at radius 1 is 1.40 bits per heavy atom. The number of carbonyl (C=O) groups excluding carboxylic acids is 1. The highest BCUT2D eigenvalue weighted by Crippen LogP contribution is 2.34. The molecule has 1 aromatic carbocycles. The van der Waals surface area contributed by atoms with Crippen LogP contribution < -0.4 is 11.5 Å². The molecule has 25 heavy (non-hydrogen) atoms. The van der Waals surface area contributed by atoms with Crippen LogP contribution >= 0.6 is 0 Å². The molecule has 6 nitrogen and oxygen atoms in total. The van der Waals surface area contributed by atoms with Gasteiger partial charge in [0.1, 0.15) is 22.9 Å². The van der Waals surface area contributed by atoms with Gasteiger partial charge in [0, 0.05) is 5.56 Å². The molecule has 10 heteroatoms. The number of halogens is 4. The van der Waals surface area contributed by atoms with Crippen LogP contribution in [0.25, 0.3) is 0 Å². The molecule has 5 N–H and O–H groups in total. The zero-order chi connectivity index (χ0) is 18.9. The van der Waals surface area contributed by atoms with E-state index in [0.717, 1.165) is 16.8 Å². The van der Waals surface area contributed by atoms with Crippen molar-refractivity contribution in [1.82, 2.24) is 9.78 Å². The number of alkyl halides is 3. The number of benzene rings is 1. The van der Waals surface area contributed by atoms with Crippen molar-refractivity contribution in [2.45, 2.75) is 32.2 Å². The van der Waals surface area contributed by atoms with Crippen LogP contribution in [0.5, 0.6) is 0 Å². The second kappa shape index (κ2) is 6.71. The van der Waals surface area contributed by atoms with Gasteiger partial charge in [-0.05, 0) is 18.6 Å². The second-order valence-corrected chi connectivity index (χ2v) is 5.33. The summed E-state index contributed by atoms with van der Waals surface area (Å²) in [5, 5.41) is 13.2. The van der Waals surface area contributed by atoms with E-state index in [1.807, 2.05) is 0 Å². The molecule has 0 fully saturated rings. The van der Waals surface area contributed by atoms with Crippen LogP contribution in [0.4, 0.5) is 23.4 Å². The van der Waals surface area contributed by atoms with Gasteiger partial charge in [0.2, 0.25) is 0 Å². The van der Waals surface area contributed by atoms with E-state index in [-0.39, 0.29) is 29.1 Å². The van der Waals surface area contributed by atoms with Crippen LogP contribution in [0.2, 0.25) is 0 Å². The summed E-state index contributed by atoms with van der Waals surface area (Å²) < 4.78 is 53.4. The summed E-state index contributed by atoms with van der Waals surface area (Å²) in [5.41, 5.74) is 9.54. The molecule has 1 aromatic heterocycles. The Bertz CT molecular complexity index is 802. The topological polar surface area (TPSA) is 107 Å². The molecule has 0 saturated heterocycles. The Balaban J connectivity index is 2.57. The second-order valence-electron chi connectivity index (χ2n) is 5.33. The third-order valence-electron chi connectivity index (χ3n) is 3.78. The summed E-state index contributed by atoms with van der Waals surface area (Å²) in [6.45, 7) is 1.02. The Morgan fingerprint density at radius 3 is 2.44 bits per heavy atom. The highest BCUT2D eigenvalue weighted by molar-refractivity contribution is 5.98. The predicted molar refractivity (Wildman–Crippen MR) is 80.9 cm³/mol. The van der Waals surface area contributed by atoms with E-state index in [2.05, 4.69) is 5.10 Å². The summed E-state index contributed by atoms with van der Waals surface area (Å²) in [6.07, 6.45) is -4.45. The minimum atomic E-state index is -4.67. The molecule has 2 aromatic rings. The van der Waals surface area contributed by atoms with Gasteiger partial charge in [0.15, 0.2) is 0 Å². The first-order valence-corrected chi connectivity index (χ1v) is 7.25. The summed E-state index contributed by atoms with van der Waals surface area (Å²) >= 11 is 0. The Hall–Kier alpha value is -2.62. The van der Waals surface area contributed by atoms with Crippen molar-refractivity contribution in [1.29, 1.82) is 0 Å². The molecule has 1 amide bonds. The van der Waals surface area contributed by atoms with Crippen LogP contribution in [0, 0.1) is 5.82 Å². The normalized spacial score (nSPS) is 13.0. The number of rotatable bonds is 5. The van der Waals surface area contributed by atoms with Gasteiger partial charge in [0.05, 0.1) is 18.2 Å². The highest BCUT2D eigenvalue weighted by atomic mass is 19.4. The van der Waals surface area contributed by atoms with E-state index in [1.54, 1.807) is 6.92 Å². The zero-order valence-corrected chi connectivity index (χ0v) is 13.1. The van der Waals surface area contributed by atoms with Crippen LogP contribution in [-0.4, -0.2) is 20.8 Å². The fraction of sp³-hybridized carbons (Fsp3) is 0.333. The molecular formula is C15H16F4N4O2. The molecule has 0 bridgehead atoms. The van der Waals surface area contributed by atoms with Gasteiger partial charge < -0.3 is 16.6 Å². The maximum absolute atomic E-state index is 14.3. The Morgan fingerprint density at radius 2 is 2.04 bits per heavy atom. The van der Waals surface area contributed by atoms with Crippen molar-refractivity contribution in [2.24, 2.45) is 5.73 Å². The number of carbonyl (C=O) groups is 1. The van der Waals surface area contributed by atoms with Crippen molar-refractivity contribution in [2.75, 3.05) is 5.73 Å². The average molecular weight is 360 g/mol. The molecule has 0 aliphatic carbocycles. The molecule has 0 saturated carbocycles. The molecule has 2 rings (SSSR count). The number of anilines is 1. The summed E-state index contributed by atoms with van der Waals surface area (Å²) in [7, 11) is 0. The third kappa shape index (κ3) is 3.43. The van der Waals surface area contributed by atoms with Crippen LogP contribution in [-0.2, 0) is 12.8 Å². The molecular weight excluding hydrogens is 344 g/mol. The number of primary amides is 1. The maximum atomic E-state index is 14.3. The van der Waals surface area contributed by atoms with Crippen molar-refractivity contribution in [3.63, 3.8) is 0 Å². The lowest BCUT2D eigenvalue weighted by Gasteiger charge is -2.19. The maximum Gasteiger partial charge on any atom is 0.416 e. The van der Waals surface area contributed by atoms with Gasteiger partial charge in [0.25, 0.3) is 5.91 Å². The van der Waals surface area contributed by atoms with Crippen molar-refractivity contribution in [3.8, 4) is 0 Å². The number of aromatic nitrogens is 2. The van der Waals surface area contributed by atoms with E-state index in [1.165, 1.54) is 0 Å². The quantitative estimate of drug-likeness (QED) is 0.711. The smallest absolute Gasteiger partial charge is 0.390 e. The number of nitrogen functional groups attached to an aromatic ring is 1. The molecule has 0 aliphatic rings. The Kier molecular flexibility index (Phi) is 5.02. The van der Waals surface area contributed by atoms with Crippen LogP contribution in [0.15, 0.2) is 18.2 Å². The standard InChI is InChI=1S/C15H16F4N4O2/c1-2-11(8-4-3-7(5-9(8)16)15(17,18)19)23-13(20)12(14(21)25)10(6-24)22-23/h3-5,11,24H,2,6,20H2,1H3,(H2,21,25). The van der Waals surface area contributed by atoms with Crippen molar-refractivity contribution >= 4 is 11.7 Å². The minimum absolute atomic E-state index is 0.0785. The molecule has 0 aliphatic heterocycles. The van der Waals surface area contributed by atoms with Gasteiger partial charge >= 0.3 is 6.18 Å². The predicted octanol–water partition coefficient (Wildman–Crippen LogP) is 2.21.